The first-order valence-corrected chi connectivity index (χ1v) is 11.5. The minimum Gasteiger partial charge on any atom is -0.256 e. The average molecular weight is 316 g/mol. The topological polar surface area (TPSA) is 12.9 Å². The van der Waals surface area contributed by atoms with Gasteiger partial charge in [0.1, 0.15) is 5.82 Å². The van der Waals surface area contributed by atoms with Crippen molar-refractivity contribution < 1.29 is 4.39 Å². The van der Waals surface area contributed by atoms with Gasteiger partial charge in [-0.2, -0.15) is 0 Å². The Morgan fingerprint density at radius 2 is 1.73 bits per heavy atom. The lowest BCUT2D eigenvalue weighted by molar-refractivity contribution is 0.537. The van der Waals surface area contributed by atoms with E-state index in [1.165, 1.54) is 16.8 Å². The molecule has 0 N–H and O–H groups in total. The minimum atomic E-state index is -1.46. The quantitative estimate of drug-likeness (QED) is 0.707. The molecule has 22 heavy (non-hydrogen) atoms. The third-order valence-electron chi connectivity index (χ3n) is 4.35. The van der Waals surface area contributed by atoms with E-state index in [0.29, 0.717) is 11.8 Å². The Labute approximate surface area is 134 Å². The van der Waals surface area contributed by atoms with E-state index in [1.807, 2.05) is 12.3 Å². The van der Waals surface area contributed by atoms with Gasteiger partial charge >= 0.3 is 0 Å². The van der Waals surface area contributed by atoms with Crippen molar-refractivity contribution in [3.05, 3.63) is 47.9 Å². The third-order valence-corrected chi connectivity index (χ3v) is 6.39. The van der Waals surface area contributed by atoms with Gasteiger partial charge in [0, 0.05) is 11.8 Å². The van der Waals surface area contributed by atoms with E-state index in [0.717, 1.165) is 11.3 Å². The molecule has 1 unspecified atom stereocenters. The molecule has 0 aliphatic heterocycles. The molecule has 1 aromatic carbocycles. The van der Waals surface area contributed by atoms with Gasteiger partial charge in [0.2, 0.25) is 0 Å². The number of pyridine rings is 1. The number of hydrogen-bond donors (Lipinski definition) is 0. The van der Waals surface area contributed by atoms with Crippen molar-refractivity contribution in [3.63, 3.8) is 0 Å². The zero-order chi connectivity index (χ0) is 16.5. The maximum absolute atomic E-state index is 13.5. The highest BCUT2D eigenvalue weighted by Crippen LogP contribution is 2.27. The Balaban J connectivity index is 2.59. The first kappa shape index (κ1) is 16.9. The molecule has 0 bridgehead atoms. The summed E-state index contributed by atoms with van der Waals surface area (Å²) in [7, 11) is -1.46. The maximum atomic E-state index is 13.5. The Morgan fingerprint density at radius 3 is 2.27 bits per heavy atom. The molecule has 0 saturated carbocycles. The summed E-state index contributed by atoms with van der Waals surface area (Å²) in [5.41, 5.74) is 3.09. The Morgan fingerprint density at radius 1 is 1.05 bits per heavy atom. The highest BCUT2D eigenvalue weighted by atomic mass is 28.3. The molecule has 0 saturated heterocycles. The number of rotatable bonds is 4. The Kier molecular flexibility index (Phi) is 4.86. The number of benzene rings is 1. The second-order valence-electron chi connectivity index (χ2n) is 7.45. The van der Waals surface area contributed by atoms with Crippen molar-refractivity contribution in [1.82, 2.24) is 4.98 Å². The summed E-state index contributed by atoms with van der Waals surface area (Å²) in [6.45, 7) is 13.8. The molecule has 0 aliphatic carbocycles. The van der Waals surface area contributed by atoms with Crippen LogP contribution in [0.3, 0.4) is 0 Å². The normalized spacial score (nSPS) is 13.5. The second kappa shape index (κ2) is 6.33. The van der Waals surface area contributed by atoms with Gasteiger partial charge in [-0.05, 0) is 40.8 Å². The Hall–Kier alpha value is -1.48. The van der Waals surface area contributed by atoms with Gasteiger partial charge in [0.25, 0.3) is 0 Å². The van der Waals surface area contributed by atoms with Crippen LogP contribution in [0.2, 0.25) is 19.6 Å². The fourth-order valence-electron chi connectivity index (χ4n) is 2.64. The summed E-state index contributed by atoms with van der Waals surface area (Å²) in [4.78, 5) is 4.63. The van der Waals surface area contributed by atoms with E-state index in [-0.39, 0.29) is 5.82 Å². The van der Waals surface area contributed by atoms with Crippen molar-refractivity contribution in [2.75, 3.05) is 0 Å². The Bertz CT molecular complexity index is 659. The summed E-state index contributed by atoms with van der Waals surface area (Å²) >= 11 is 0. The van der Waals surface area contributed by atoms with Crippen LogP contribution in [0.4, 0.5) is 4.39 Å². The molecule has 3 heteroatoms. The lowest BCUT2D eigenvalue weighted by Crippen LogP contribution is -2.41. The summed E-state index contributed by atoms with van der Waals surface area (Å²) < 4.78 is 13.5. The fraction of sp³-hybridized carbons (Fsp3) is 0.421. The van der Waals surface area contributed by atoms with E-state index < -0.39 is 8.07 Å². The molecule has 118 valence electrons. The van der Waals surface area contributed by atoms with Crippen LogP contribution in [-0.4, -0.2) is 13.1 Å². The van der Waals surface area contributed by atoms with Crippen LogP contribution in [-0.2, 0) is 0 Å². The number of hydrogen-bond acceptors (Lipinski definition) is 1. The summed E-state index contributed by atoms with van der Waals surface area (Å²) in [6.07, 6.45) is 2.03. The van der Waals surface area contributed by atoms with Crippen molar-refractivity contribution in [2.24, 2.45) is 5.92 Å². The van der Waals surface area contributed by atoms with Gasteiger partial charge in [0.15, 0.2) is 0 Å². The van der Waals surface area contributed by atoms with Crippen molar-refractivity contribution >= 4 is 13.3 Å². The van der Waals surface area contributed by atoms with Gasteiger partial charge < -0.3 is 0 Å². The monoisotopic (exact) mass is 315 g/mol. The van der Waals surface area contributed by atoms with Gasteiger partial charge in [-0.3, -0.25) is 4.98 Å². The molecule has 0 spiro atoms. The van der Waals surface area contributed by atoms with Crippen LogP contribution < -0.4 is 5.19 Å². The van der Waals surface area contributed by atoms with E-state index in [1.54, 1.807) is 12.1 Å². The standard InChI is InChI=1S/C19H26FNSi/c1-13(2)14(3)17-11-18(15-8-7-9-16(20)10-15)21-12-19(17)22(4,5)6/h7-14H,1-6H3. The molecule has 0 fully saturated rings. The van der Waals surface area contributed by atoms with E-state index in [2.05, 4.69) is 51.5 Å². The fourth-order valence-corrected chi connectivity index (χ4v) is 4.26. The molecule has 2 aromatic rings. The van der Waals surface area contributed by atoms with Crippen LogP contribution in [0.25, 0.3) is 11.3 Å². The molecule has 2 rings (SSSR count). The molecular formula is C19H26FNSi. The molecule has 1 atom stereocenters. The summed E-state index contributed by atoms with van der Waals surface area (Å²) in [6, 6.07) is 8.86. The van der Waals surface area contributed by atoms with Gasteiger partial charge in [-0.25, -0.2) is 4.39 Å². The van der Waals surface area contributed by atoms with Crippen molar-refractivity contribution in [3.8, 4) is 11.3 Å². The van der Waals surface area contributed by atoms with Crippen LogP contribution in [0.15, 0.2) is 36.5 Å². The van der Waals surface area contributed by atoms with E-state index in [9.17, 15) is 4.39 Å². The van der Waals surface area contributed by atoms with Crippen molar-refractivity contribution in [2.45, 2.75) is 46.3 Å². The minimum absolute atomic E-state index is 0.216. The molecule has 1 nitrogen and oxygen atoms in total. The number of nitrogens with zero attached hydrogens (tertiary/aromatic N) is 1. The van der Waals surface area contributed by atoms with Gasteiger partial charge in [-0.1, -0.05) is 52.5 Å². The molecule has 0 amide bonds. The van der Waals surface area contributed by atoms with Crippen molar-refractivity contribution in [1.29, 1.82) is 0 Å². The van der Waals surface area contributed by atoms with Gasteiger partial charge in [-0.15, -0.1) is 0 Å². The largest absolute Gasteiger partial charge is 0.256 e. The zero-order valence-corrected chi connectivity index (χ0v) is 15.4. The molecular weight excluding hydrogens is 289 g/mol. The van der Waals surface area contributed by atoms with Crippen LogP contribution >= 0.6 is 0 Å². The SMILES string of the molecule is CC(C)C(C)c1cc(-c2cccc(F)c2)ncc1[Si](C)(C)C. The summed E-state index contributed by atoms with van der Waals surface area (Å²) in [5.74, 6) is 0.821. The highest BCUT2D eigenvalue weighted by Gasteiger charge is 2.25. The van der Waals surface area contributed by atoms with Crippen LogP contribution in [0.1, 0.15) is 32.3 Å². The smallest absolute Gasteiger partial charge is 0.123 e. The number of aromatic nitrogens is 1. The second-order valence-corrected chi connectivity index (χ2v) is 12.5. The number of halogens is 1. The van der Waals surface area contributed by atoms with Gasteiger partial charge in [0.05, 0.1) is 13.8 Å². The predicted molar refractivity (Wildman–Crippen MR) is 95.9 cm³/mol. The lowest BCUT2D eigenvalue weighted by atomic mass is 9.90. The first-order valence-electron chi connectivity index (χ1n) is 7.96. The molecule has 1 heterocycles. The molecule has 0 aliphatic rings. The lowest BCUT2D eigenvalue weighted by Gasteiger charge is -2.26. The zero-order valence-electron chi connectivity index (χ0n) is 14.4. The maximum Gasteiger partial charge on any atom is 0.123 e. The van der Waals surface area contributed by atoms with E-state index in [4.69, 9.17) is 0 Å². The first-order chi connectivity index (χ1) is 10.2. The highest BCUT2D eigenvalue weighted by molar-refractivity contribution is 6.89. The summed E-state index contributed by atoms with van der Waals surface area (Å²) in [5, 5.41) is 1.41. The predicted octanol–water partition coefficient (Wildman–Crippen LogP) is 5.19. The third kappa shape index (κ3) is 3.64. The van der Waals surface area contributed by atoms with E-state index >= 15 is 0 Å². The average Bonchev–Trinajstić information content (AvgIpc) is 2.44. The van der Waals surface area contributed by atoms with Crippen LogP contribution in [0.5, 0.6) is 0 Å². The molecule has 0 radical (unpaired) electrons. The molecule has 1 aromatic heterocycles. The van der Waals surface area contributed by atoms with Crippen LogP contribution in [0, 0.1) is 11.7 Å².